The number of hydrogen-bond donors (Lipinski definition) is 2. The van der Waals surface area contributed by atoms with E-state index in [1.807, 2.05) is 0 Å². The molecule has 0 bridgehead atoms. The van der Waals surface area contributed by atoms with E-state index in [0.717, 1.165) is 25.9 Å². The first-order chi connectivity index (χ1) is 11.3. The number of nitrogens with one attached hydrogen (secondary N) is 2. The van der Waals surface area contributed by atoms with Crippen molar-refractivity contribution in [3.8, 4) is 0 Å². The lowest BCUT2D eigenvalue weighted by molar-refractivity contribution is -0.133. The van der Waals surface area contributed by atoms with Gasteiger partial charge in [0.25, 0.3) is 0 Å². The van der Waals surface area contributed by atoms with E-state index < -0.39 is 12.6 Å². The number of para-hydroxylation sites is 1. The number of halogens is 3. The van der Waals surface area contributed by atoms with Gasteiger partial charge < -0.3 is 10.6 Å². The summed E-state index contributed by atoms with van der Waals surface area (Å²) in [7, 11) is 0. The van der Waals surface area contributed by atoms with E-state index in [0.29, 0.717) is 23.6 Å². The van der Waals surface area contributed by atoms with Crippen LogP contribution in [0.2, 0.25) is 0 Å². The molecule has 0 saturated carbocycles. The molecule has 0 aromatic heterocycles. The van der Waals surface area contributed by atoms with Gasteiger partial charge in [0.1, 0.15) is 0 Å². The number of carbonyl (C=O) groups is 1. The molecule has 1 aliphatic rings. The van der Waals surface area contributed by atoms with Crippen LogP contribution < -0.4 is 10.6 Å². The van der Waals surface area contributed by atoms with E-state index in [-0.39, 0.29) is 18.2 Å². The summed E-state index contributed by atoms with van der Waals surface area (Å²) < 4.78 is 37.3. The molecule has 3 nitrogen and oxygen atoms in total. The fourth-order valence-electron chi connectivity index (χ4n) is 3.21. The Labute approximate surface area is 141 Å². The van der Waals surface area contributed by atoms with Crippen LogP contribution in [0.3, 0.4) is 0 Å². The summed E-state index contributed by atoms with van der Waals surface area (Å²) in [6, 6.07) is 6.72. The number of carbonyl (C=O) groups excluding carboxylic acids is 1. The van der Waals surface area contributed by atoms with E-state index in [1.54, 1.807) is 24.3 Å². The van der Waals surface area contributed by atoms with Gasteiger partial charge in [-0.25, -0.2) is 0 Å². The Balaban J connectivity index is 1.91. The molecule has 6 heteroatoms. The average molecular weight is 342 g/mol. The largest absolute Gasteiger partial charge is 0.389 e. The normalized spacial score (nSPS) is 17.5. The minimum Gasteiger partial charge on any atom is -0.326 e. The Bertz CT molecular complexity index is 539. The summed E-state index contributed by atoms with van der Waals surface area (Å²) in [5, 5.41) is 6.10. The molecule has 1 amide bonds. The molecule has 1 fully saturated rings. The van der Waals surface area contributed by atoms with Crippen LogP contribution in [0.25, 0.3) is 0 Å². The number of alkyl halides is 3. The van der Waals surface area contributed by atoms with Crippen molar-refractivity contribution in [1.29, 1.82) is 0 Å². The second-order valence-electron chi connectivity index (χ2n) is 6.59. The van der Waals surface area contributed by atoms with Gasteiger partial charge in [0.15, 0.2) is 0 Å². The fourth-order valence-corrected chi connectivity index (χ4v) is 3.21. The number of rotatable bonds is 6. The Hall–Kier alpha value is -1.56. The van der Waals surface area contributed by atoms with Crippen LogP contribution in [0.4, 0.5) is 18.9 Å². The first-order valence-corrected chi connectivity index (χ1v) is 8.50. The molecule has 0 radical (unpaired) electrons. The molecule has 1 aliphatic heterocycles. The van der Waals surface area contributed by atoms with Crippen LogP contribution in [0, 0.1) is 11.8 Å². The highest BCUT2D eigenvalue weighted by Crippen LogP contribution is 2.27. The van der Waals surface area contributed by atoms with Crippen LogP contribution in [-0.2, 0) is 11.2 Å². The summed E-state index contributed by atoms with van der Waals surface area (Å²) in [6.07, 6.45) is -2.67. The Kier molecular flexibility index (Phi) is 6.66. The predicted octanol–water partition coefficient (Wildman–Crippen LogP) is 4.15. The van der Waals surface area contributed by atoms with Gasteiger partial charge >= 0.3 is 6.18 Å². The quantitative estimate of drug-likeness (QED) is 0.815. The Morgan fingerprint density at radius 3 is 2.62 bits per heavy atom. The number of hydrogen-bond acceptors (Lipinski definition) is 2. The standard InChI is InChI=1S/C18H25F3N2O/c1-13(14-7-10-22-11-8-14)12-17(24)23-16-5-3-2-4-15(16)6-9-18(19,20)21/h2-5,13-14,22H,6-12H2,1H3,(H,23,24). The van der Waals surface area contributed by atoms with Gasteiger partial charge in [-0.2, -0.15) is 13.2 Å². The minimum absolute atomic E-state index is 0.121. The van der Waals surface area contributed by atoms with Crippen LogP contribution in [-0.4, -0.2) is 25.2 Å². The van der Waals surface area contributed by atoms with Crippen molar-refractivity contribution in [3.05, 3.63) is 29.8 Å². The summed E-state index contributed by atoms with van der Waals surface area (Å²) in [5.74, 6) is 0.674. The van der Waals surface area contributed by atoms with Gasteiger partial charge in [0.2, 0.25) is 5.91 Å². The lowest BCUT2D eigenvalue weighted by Gasteiger charge is -2.28. The minimum atomic E-state index is -4.19. The molecule has 0 spiro atoms. The van der Waals surface area contributed by atoms with Gasteiger partial charge in [-0.15, -0.1) is 0 Å². The van der Waals surface area contributed by atoms with Gasteiger partial charge in [-0.05, 0) is 55.8 Å². The summed E-state index contributed by atoms with van der Waals surface area (Å²) in [6.45, 7) is 4.04. The molecule has 24 heavy (non-hydrogen) atoms. The zero-order valence-electron chi connectivity index (χ0n) is 14.0. The van der Waals surface area contributed by atoms with E-state index in [2.05, 4.69) is 17.6 Å². The summed E-state index contributed by atoms with van der Waals surface area (Å²) >= 11 is 0. The van der Waals surface area contributed by atoms with Crippen LogP contribution >= 0.6 is 0 Å². The number of benzene rings is 1. The molecular weight excluding hydrogens is 317 g/mol. The van der Waals surface area contributed by atoms with E-state index in [4.69, 9.17) is 0 Å². The highest BCUT2D eigenvalue weighted by Gasteiger charge is 2.27. The molecule has 2 N–H and O–H groups in total. The van der Waals surface area contributed by atoms with Crippen molar-refractivity contribution in [2.75, 3.05) is 18.4 Å². The first kappa shape index (κ1) is 18.8. The molecule has 1 aromatic carbocycles. The fraction of sp³-hybridized carbons (Fsp3) is 0.611. The number of aryl methyl sites for hydroxylation is 1. The maximum absolute atomic E-state index is 12.4. The maximum atomic E-state index is 12.4. The zero-order chi connectivity index (χ0) is 17.6. The smallest absolute Gasteiger partial charge is 0.326 e. The maximum Gasteiger partial charge on any atom is 0.389 e. The van der Waals surface area contributed by atoms with E-state index in [9.17, 15) is 18.0 Å². The van der Waals surface area contributed by atoms with Crippen molar-refractivity contribution >= 4 is 11.6 Å². The molecule has 2 rings (SSSR count). The number of amides is 1. The van der Waals surface area contributed by atoms with Gasteiger partial charge in [0.05, 0.1) is 0 Å². The molecule has 134 valence electrons. The Morgan fingerprint density at radius 1 is 1.29 bits per heavy atom. The lowest BCUT2D eigenvalue weighted by atomic mass is 9.84. The summed E-state index contributed by atoms with van der Waals surface area (Å²) in [4.78, 5) is 12.3. The molecule has 1 atom stereocenters. The SMILES string of the molecule is CC(CC(=O)Nc1ccccc1CCC(F)(F)F)C1CCNCC1. The molecule has 1 saturated heterocycles. The third-order valence-corrected chi connectivity index (χ3v) is 4.67. The predicted molar refractivity (Wildman–Crippen MR) is 88.8 cm³/mol. The second-order valence-corrected chi connectivity index (χ2v) is 6.59. The Morgan fingerprint density at radius 2 is 1.96 bits per heavy atom. The van der Waals surface area contributed by atoms with Crippen molar-refractivity contribution in [2.45, 2.75) is 45.2 Å². The number of anilines is 1. The van der Waals surface area contributed by atoms with Gasteiger partial charge in [-0.3, -0.25) is 4.79 Å². The molecule has 1 aromatic rings. The average Bonchev–Trinajstić information content (AvgIpc) is 2.54. The van der Waals surface area contributed by atoms with Crippen LogP contribution in [0.1, 0.15) is 38.2 Å². The highest BCUT2D eigenvalue weighted by atomic mass is 19.4. The summed E-state index contributed by atoms with van der Waals surface area (Å²) in [5.41, 5.74) is 1.02. The van der Waals surface area contributed by atoms with Gasteiger partial charge in [0, 0.05) is 18.5 Å². The first-order valence-electron chi connectivity index (χ1n) is 8.50. The van der Waals surface area contributed by atoms with Gasteiger partial charge in [-0.1, -0.05) is 25.1 Å². The highest BCUT2D eigenvalue weighted by molar-refractivity contribution is 5.91. The van der Waals surface area contributed by atoms with Crippen molar-refractivity contribution in [3.63, 3.8) is 0 Å². The molecule has 0 aliphatic carbocycles. The van der Waals surface area contributed by atoms with Crippen molar-refractivity contribution in [1.82, 2.24) is 5.32 Å². The van der Waals surface area contributed by atoms with Crippen molar-refractivity contribution in [2.24, 2.45) is 11.8 Å². The third-order valence-electron chi connectivity index (χ3n) is 4.67. The van der Waals surface area contributed by atoms with Crippen LogP contribution in [0.15, 0.2) is 24.3 Å². The molecule has 1 unspecified atom stereocenters. The topological polar surface area (TPSA) is 41.1 Å². The molecular formula is C18H25F3N2O. The monoisotopic (exact) mass is 342 g/mol. The zero-order valence-corrected chi connectivity index (χ0v) is 14.0. The van der Waals surface area contributed by atoms with E-state index in [1.165, 1.54) is 0 Å². The lowest BCUT2D eigenvalue weighted by Crippen LogP contribution is -2.32. The molecule has 1 heterocycles. The third kappa shape index (κ3) is 6.15. The van der Waals surface area contributed by atoms with Crippen molar-refractivity contribution < 1.29 is 18.0 Å². The van der Waals surface area contributed by atoms with E-state index >= 15 is 0 Å². The van der Waals surface area contributed by atoms with Crippen LogP contribution in [0.5, 0.6) is 0 Å². The second kappa shape index (κ2) is 8.51. The number of piperidine rings is 1.